The fourth-order valence-corrected chi connectivity index (χ4v) is 2.87. The van der Waals surface area contributed by atoms with E-state index in [4.69, 9.17) is 0 Å². The summed E-state index contributed by atoms with van der Waals surface area (Å²) in [5.41, 5.74) is 1.65. The lowest BCUT2D eigenvalue weighted by atomic mass is 9.74. The van der Waals surface area contributed by atoms with E-state index < -0.39 is 23.6 Å². The number of allylic oxidation sites excluding steroid dienone is 1. The highest BCUT2D eigenvalue weighted by Gasteiger charge is 2.39. The van der Waals surface area contributed by atoms with E-state index in [1.165, 1.54) is 31.2 Å². The van der Waals surface area contributed by atoms with Crippen LogP contribution in [0.15, 0.2) is 40.5 Å². The second kappa shape index (κ2) is 5.60. The van der Waals surface area contributed by atoms with Crippen molar-refractivity contribution in [1.82, 2.24) is 0 Å². The van der Waals surface area contributed by atoms with E-state index in [0.29, 0.717) is 17.0 Å². The predicted octanol–water partition coefficient (Wildman–Crippen LogP) is 2.95. The Morgan fingerprint density at radius 2 is 1.76 bits per heavy atom. The van der Waals surface area contributed by atoms with Gasteiger partial charge in [-0.15, -0.1) is 0 Å². The normalized spacial score (nSPS) is 22.0. The molecule has 4 nitrogen and oxygen atoms in total. The van der Waals surface area contributed by atoms with Crippen molar-refractivity contribution in [3.63, 3.8) is 0 Å². The maximum absolute atomic E-state index is 13.1. The molecule has 1 aliphatic rings. The Labute approximate surface area is 122 Å². The average Bonchev–Trinajstić information content (AvgIpc) is 2.37. The number of carbonyl (C=O) groups is 2. The lowest BCUT2D eigenvalue weighted by Crippen LogP contribution is -2.33. The first-order chi connectivity index (χ1) is 9.82. The van der Waals surface area contributed by atoms with Gasteiger partial charge in [-0.1, -0.05) is 12.1 Å². The molecule has 0 radical (unpaired) electrons. The van der Waals surface area contributed by atoms with Gasteiger partial charge in [0, 0.05) is 17.3 Å². The van der Waals surface area contributed by atoms with Gasteiger partial charge in [0.05, 0.1) is 11.5 Å². The summed E-state index contributed by atoms with van der Waals surface area (Å²) in [6.45, 7) is 4.74. The van der Waals surface area contributed by atoms with Crippen LogP contribution >= 0.6 is 0 Å². The first-order valence-electron chi connectivity index (χ1n) is 6.58. The number of ketones is 1. The number of hydrogen-bond donors (Lipinski definition) is 1. The minimum absolute atomic E-state index is 0.0902. The Morgan fingerprint density at radius 3 is 2.24 bits per heavy atom. The van der Waals surface area contributed by atoms with Crippen molar-refractivity contribution < 1.29 is 19.1 Å². The Bertz CT molecular complexity index is 659. The molecule has 1 aromatic rings. The second-order valence-electron chi connectivity index (χ2n) is 5.17. The SMILES string of the molecule is CC(=O)C1C(C)=NC(C)=C(C(=O)O)[C@H]1c1ccc(F)cc1. The highest BCUT2D eigenvalue weighted by atomic mass is 19.1. The first-order valence-corrected chi connectivity index (χ1v) is 6.58. The number of carbonyl (C=O) groups excluding carboxylic acids is 1. The summed E-state index contributed by atoms with van der Waals surface area (Å²) in [6, 6.07) is 5.57. The number of Topliss-reactive ketones (excluding diaryl/α,β-unsaturated/α-hetero) is 1. The highest BCUT2D eigenvalue weighted by Crippen LogP contribution is 2.39. The quantitative estimate of drug-likeness (QED) is 0.930. The molecule has 1 heterocycles. The van der Waals surface area contributed by atoms with Crippen LogP contribution in [0.4, 0.5) is 4.39 Å². The van der Waals surface area contributed by atoms with Gasteiger partial charge in [0.15, 0.2) is 0 Å². The van der Waals surface area contributed by atoms with Gasteiger partial charge in [0.2, 0.25) is 0 Å². The second-order valence-corrected chi connectivity index (χ2v) is 5.17. The van der Waals surface area contributed by atoms with Crippen molar-refractivity contribution in [3.8, 4) is 0 Å². The van der Waals surface area contributed by atoms with Gasteiger partial charge in [-0.25, -0.2) is 9.18 Å². The largest absolute Gasteiger partial charge is 0.478 e. The van der Waals surface area contributed by atoms with Gasteiger partial charge < -0.3 is 5.11 Å². The van der Waals surface area contributed by atoms with Crippen molar-refractivity contribution >= 4 is 17.5 Å². The van der Waals surface area contributed by atoms with Crippen LogP contribution in [0.2, 0.25) is 0 Å². The fraction of sp³-hybridized carbons (Fsp3) is 0.312. The number of rotatable bonds is 3. The van der Waals surface area contributed by atoms with Gasteiger partial charge in [-0.2, -0.15) is 0 Å². The van der Waals surface area contributed by atoms with Crippen LogP contribution in [-0.2, 0) is 9.59 Å². The summed E-state index contributed by atoms with van der Waals surface area (Å²) >= 11 is 0. The van der Waals surface area contributed by atoms with E-state index in [0.717, 1.165) is 0 Å². The number of aliphatic imine (C=N–C) groups is 1. The van der Waals surface area contributed by atoms with Crippen LogP contribution in [0.1, 0.15) is 32.3 Å². The lowest BCUT2D eigenvalue weighted by molar-refractivity contribution is -0.133. The zero-order chi connectivity index (χ0) is 15.7. The fourth-order valence-electron chi connectivity index (χ4n) is 2.87. The number of hydrogen-bond acceptors (Lipinski definition) is 3. The molecule has 1 aromatic carbocycles. The van der Waals surface area contributed by atoms with Gasteiger partial charge in [-0.3, -0.25) is 9.79 Å². The standard InChI is InChI=1S/C16H16FNO3/c1-8-13(10(3)19)15(11-4-6-12(17)7-5-11)14(16(20)21)9(2)18-8/h4-7,13,15H,1-3H3,(H,20,21)/t13?,15-/m0/s1. The number of aliphatic carboxylic acids is 1. The number of carboxylic acids is 1. The molecule has 5 heteroatoms. The molecule has 0 spiro atoms. The molecule has 110 valence electrons. The summed E-state index contributed by atoms with van der Waals surface area (Å²) in [6.07, 6.45) is 0. The zero-order valence-corrected chi connectivity index (χ0v) is 12.1. The Kier molecular flexibility index (Phi) is 4.02. The molecular formula is C16H16FNO3. The molecule has 0 bridgehead atoms. The molecule has 0 amide bonds. The van der Waals surface area contributed by atoms with Crippen molar-refractivity contribution in [2.75, 3.05) is 0 Å². The molecule has 2 rings (SSSR count). The van der Waals surface area contributed by atoms with Crippen molar-refractivity contribution in [3.05, 3.63) is 46.9 Å². The summed E-state index contributed by atoms with van der Waals surface area (Å²) < 4.78 is 13.1. The first kappa shape index (κ1) is 15.1. The predicted molar refractivity (Wildman–Crippen MR) is 76.8 cm³/mol. The van der Waals surface area contributed by atoms with Crippen LogP contribution in [0.3, 0.4) is 0 Å². The van der Waals surface area contributed by atoms with Crippen LogP contribution in [0, 0.1) is 11.7 Å². The number of halogens is 1. The van der Waals surface area contributed by atoms with Crippen LogP contribution in [0.25, 0.3) is 0 Å². The van der Waals surface area contributed by atoms with Gasteiger partial charge in [0.25, 0.3) is 0 Å². The molecule has 2 atom stereocenters. The van der Waals surface area contributed by atoms with Crippen LogP contribution in [-0.4, -0.2) is 22.6 Å². The van der Waals surface area contributed by atoms with E-state index in [1.807, 2.05) is 0 Å². The Balaban J connectivity index is 2.65. The molecule has 0 saturated carbocycles. The summed E-state index contributed by atoms with van der Waals surface area (Å²) in [7, 11) is 0. The summed E-state index contributed by atoms with van der Waals surface area (Å²) in [5.74, 6) is -2.94. The van der Waals surface area contributed by atoms with Crippen LogP contribution in [0.5, 0.6) is 0 Å². The van der Waals surface area contributed by atoms with Crippen molar-refractivity contribution in [1.29, 1.82) is 0 Å². The van der Waals surface area contributed by atoms with Gasteiger partial charge in [0.1, 0.15) is 11.6 Å². The third kappa shape index (κ3) is 2.77. The van der Waals surface area contributed by atoms with Crippen LogP contribution < -0.4 is 0 Å². The van der Waals surface area contributed by atoms with E-state index in [2.05, 4.69) is 4.99 Å². The molecule has 0 aliphatic carbocycles. The Hall–Kier alpha value is -2.30. The maximum Gasteiger partial charge on any atom is 0.334 e. The number of carboxylic acid groups (broad SMARTS) is 1. The lowest BCUT2D eigenvalue weighted by Gasteiger charge is -2.30. The minimum atomic E-state index is -1.11. The van der Waals surface area contributed by atoms with E-state index in [1.54, 1.807) is 13.8 Å². The van der Waals surface area contributed by atoms with E-state index in [9.17, 15) is 19.1 Å². The minimum Gasteiger partial charge on any atom is -0.478 e. The van der Waals surface area contributed by atoms with E-state index in [-0.39, 0.29) is 11.4 Å². The molecule has 1 aliphatic heterocycles. The number of benzene rings is 1. The zero-order valence-electron chi connectivity index (χ0n) is 12.1. The molecule has 21 heavy (non-hydrogen) atoms. The van der Waals surface area contributed by atoms with Gasteiger partial charge >= 0.3 is 5.97 Å². The topological polar surface area (TPSA) is 66.7 Å². The molecule has 0 fully saturated rings. The molecule has 0 saturated heterocycles. The average molecular weight is 289 g/mol. The number of nitrogens with zero attached hydrogens (tertiary/aromatic N) is 1. The van der Waals surface area contributed by atoms with Crippen molar-refractivity contribution in [2.45, 2.75) is 26.7 Å². The summed E-state index contributed by atoms with van der Waals surface area (Å²) in [4.78, 5) is 27.7. The van der Waals surface area contributed by atoms with Crippen molar-refractivity contribution in [2.24, 2.45) is 10.9 Å². The smallest absolute Gasteiger partial charge is 0.334 e. The molecular weight excluding hydrogens is 273 g/mol. The highest BCUT2D eigenvalue weighted by molar-refractivity contribution is 6.08. The van der Waals surface area contributed by atoms with E-state index >= 15 is 0 Å². The summed E-state index contributed by atoms with van der Waals surface area (Å²) in [5, 5.41) is 9.47. The molecule has 1 unspecified atom stereocenters. The molecule has 1 N–H and O–H groups in total. The monoisotopic (exact) mass is 289 g/mol. The Morgan fingerprint density at radius 1 is 1.19 bits per heavy atom. The third-order valence-corrected chi connectivity index (χ3v) is 3.73. The third-order valence-electron chi connectivity index (χ3n) is 3.73. The maximum atomic E-state index is 13.1. The molecule has 0 aromatic heterocycles. The van der Waals surface area contributed by atoms with Gasteiger partial charge in [-0.05, 0) is 38.5 Å².